The van der Waals surface area contributed by atoms with E-state index in [2.05, 4.69) is 0 Å². The summed E-state index contributed by atoms with van der Waals surface area (Å²) < 4.78 is 16.5. The minimum atomic E-state index is 0.0393. The number of ether oxygens (including phenoxy) is 3. The van der Waals surface area contributed by atoms with Crippen LogP contribution in [0.2, 0.25) is 0 Å². The van der Waals surface area contributed by atoms with Crippen LogP contribution < -0.4 is 4.74 Å². The highest BCUT2D eigenvalue weighted by atomic mass is 16.5. The van der Waals surface area contributed by atoms with E-state index in [1.165, 1.54) is 0 Å². The summed E-state index contributed by atoms with van der Waals surface area (Å²) in [7, 11) is 0. The van der Waals surface area contributed by atoms with Gasteiger partial charge in [0.25, 0.3) is 0 Å². The first kappa shape index (κ1) is 16.7. The molecule has 0 aromatic heterocycles. The van der Waals surface area contributed by atoms with E-state index in [-0.39, 0.29) is 11.9 Å². The molecule has 0 saturated heterocycles. The molecule has 1 rings (SSSR count). The Balaban J connectivity index is 2.60. The van der Waals surface area contributed by atoms with E-state index in [0.717, 1.165) is 11.3 Å². The molecule has 4 heteroatoms. The Kier molecular flexibility index (Phi) is 7.26. The van der Waals surface area contributed by atoms with Crippen molar-refractivity contribution in [3.8, 4) is 5.75 Å². The van der Waals surface area contributed by atoms with Crippen molar-refractivity contribution in [1.82, 2.24) is 0 Å². The van der Waals surface area contributed by atoms with Crippen LogP contribution in [0, 0.1) is 0 Å². The van der Waals surface area contributed by atoms with E-state index >= 15 is 0 Å². The van der Waals surface area contributed by atoms with Crippen LogP contribution in [0.1, 0.15) is 43.6 Å². The van der Waals surface area contributed by atoms with Crippen LogP contribution in [0.3, 0.4) is 0 Å². The van der Waals surface area contributed by atoms with Crippen LogP contribution in [0.5, 0.6) is 5.75 Å². The molecule has 0 aliphatic rings. The maximum absolute atomic E-state index is 11.4. The summed E-state index contributed by atoms with van der Waals surface area (Å²) in [5.74, 6) is 0.805. The largest absolute Gasteiger partial charge is 0.494 e. The highest BCUT2D eigenvalue weighted by Crippen LogP contribution is 2.21. The molecule has 0 bridgehead atoms. The third-order valence-corrected chi connectivity index (χ3v) is 2.70. The molecule has 4 nitrogen and oxygen atoms in total. The molecule has 20 heavy (non-hydrogen) atoms. The van der Waals surface area contributed by atoms with Gasteiger partial charge in [0.15, 0.2) is 5.78 Å². The fraction of sp³-hybridized carbons (Fsp3) is 0.562. The highest BCUT2D eigenvalue weighted by Gasteiger charge is 2.08. The summed E-state index contributed by atoms with van der Waals surface area (Å²) in [6.07, 6.45) is 0.207. The number of rotatable bonds is 9. The molecule has 0 radical (unpaired) electrons. The van der Waals surface area contributed by atoms with E-state index in [0.29, 0.717) is 32.0 Å². The smallest absolute Gasteiger partial charge is 0.159 e. The van der Waals surface area contributed by atoms with Crippen LogP contribution in [-0.4, -0.2) is 31.7 Å². The lowest BCUT2D eigenvalue weighted by atomic mass is 10.1. The van der Waals surface area contributed by atoms with E-state index < -0.39 is 0 Å². The van der Waals surface area contributed by atoms with Gasteiger partial charge >= 0.3 is 0 Å². The Morgan fingerprint density at radius 2 is 2.00 bits per heavy atom. The Morgan fingerprint density at radius 3 is 2.60 bits per heavy atom. The van der Waals surface area contributed by atoms with E-state index in [1.54, 1.807) is 13.0 Å². The van der Waals surface area contributed by atoms with Gasteiger partial charge in [-0.1, -0.05) is 0 Å². The van der Waals surface area contributed by atoms with Gasteiger partial charge < -0.3 is 14.2 Å². The average Bonchev–Trinajstić information content (AvgIpc) is 2.39. The summed E-state index contributed by atoms with van der Waals surface area (Å²) in [6.45, 7) is 9.55. The lowest BCUT2D eigenvalue weighted by molar-refractivity contribution is 0.0138. The SMILES string of the molecule is CCOc1ccc(C(C)=O)cc1COCCOC(C)C. The normalized spacial score (nSPS) is 10.8. The number of benzene rings is 1. The fourth-order valence-corrected chi connectivity index (χ4v) is 1.73. The number of carbonyl (C=O) groups excluding carboxylic acids is 1. The second-order valence-electron chi connectivity index (χ2n) is 4.78. The standard InChI is InChI=1S/C16H24O4/c1-5-19-16-7-6-14(13(4)17)10-15(16)11-18-8-9-20-12(2)3/h6-7,10,12H,5,8-9,11H2,1-4H3. The summed E-state index contributed by atoms with van der Waals surface area (Å²) in [6, 6.07) is 5.43. The fourth-order valence-electron chi connectivity index (χ4n) is 1.73. The zero-order valence-electron chi connectivity index (χ0n) is 12.8. The molecule has 0 aliphatic heterocycles. The van der Waals surface area contributed by atoms with Crippen molar-refractivity contribution >= 4 is 5.78 Å². The number of ketones is 1. The minimum Gasteiger partial charge on any atom is -0.494 e. The van der Waals surface area contributed by atoms with Crippen LogP contribution in [-0.2, 0) is 16.1 Å². The monoisotopic (exact) mass is 280 g/mol. The van der Waals surface area contributed by atoms with Crippen molar-refractivity contribution in [2.24, 2.45) is 0 Å². The van der Waals surface area contributed by atoms with E-state index in [4.69, 9.17) is 14.2 Å². The predicted molar refractivity (Wildman–Crippen MR) is 78.4 cm³/mol. The highest BCUT2D eigenvalue weighted by molar-refractivity contribution is 5.94. The van der Waals surface area contributed by atoms with Gasteiger partial charge in [0.05, 0.1) is 32.5 Å². The Morgan fingerprint density at radius 1 is 1.25 bits per heavy atom. The summed E-state index contributed by atoms with van der Waals surface area (Å²) in [5, 5.41) is 0. The van der Waals surface area contributed by atoms with Crippen molar-refractivity contribution < 1.29 is 19.0 Å². The molecule has 0 saturated carbocycles. The number of Topliss-reactive ketones (excluding diaryl/α,β-unsaturated/α-hetero) is 1. The molecule has 0 N–H and O–H groups in total. The first-order valence-electron chi connectivity index (χ1n) is 7.00. The van der Waals surface area contributed by atoms with Crippen molar-refractivity contribution in [2.75, 3.05) is 19.8 Å². The molecule has 0 fully saturated rings. The van der Waals surface area contributed by atoms with Crippen molar-refractivity contribution in [1.29, 1.82) is 0 Å². The number of hydrogen-bond donors (Lipinski definition) is 0. The lowest BCUT2D eigenvalue weighted by Crippen LogP contribution is -2.10. The second kappa shape index (κ2) is 8.72. The van der Waals surface area contributed by atoms with Gasteiger partial charge in [-0.15, -0.1) is 0 Å². The molecule has 1 aromatic carbocycles. The van der Waals surface area contributed by atoms with Crippen LogP contribution in [0.25, 0.3) is 0 Å². The quantitative estimate of drug-likeness (QED) is 0.514. The van der Waals surface area contributed by atoms with Gasteiger partial charge in [-0.2, -0.15) is 0 Å². The maximum atomic E-state index is 11.4. The Bertz CT molecular complexity index is 426. The first-order chi connectivity index (χ1) is 9.54. The van der Waals surface area contributed by atoms with Crippen molar-refractivity contribution in [3.63, 3.8) is 0 Å². The maximum Gasteiger partial charge on any atom is 0.159 e. The molecule has 0 heterocycles. The van der Waals surface area contributed by atoms with Crippen LogP contribution in [0.15, 0.2) is 18.2 Å². The molecule has 0 amide bonds. The lowest BCUT2D eigenvalue weighted by Gasteiger charge is -2.12. The van der Waals surface area contributed by atoms with Gasteiger partial charge in [0, 0.05) is 11.1 Å². The molecule has 112 valence electrons. The molecule has 0 atom stereocenters. The van der Waals surface area contributed by atoms with Crippen LogP contribution >= 0.6 is 0 Å². The molecule has 1 aromatic rings. The van der Waals surface area contributed by atoms with Gasteiger partial charge in [-0.05, 0) is 45.9 Å². The molecule has 0 unspecified atom stereocenters. The zero-order valence-corrected chi connectivity index (χ0v) is 12.8. The Hall–Kier alpha value is -1.39. The molecular weight excluding hydrogens is 256 g/mol. The topological polar surface area (TPSA) is 44.8 Å². The average molecular weight is 280 g/mol. The van der Waals surface area contributed by atoms with Gasteiger partial charge in [-0.3, -0.25) is 4.79 Å². The zero-order chi connectivity index (χ0) is 15.0. The first-order valence-corrected chi connectivity index (χ1v) is 7.00. The van der Waals surface area contributed by atoms with E-state index in [1.807, 2.05) is 32.9 Å². The Labute approximate surface area is 121 Å². The molecule has 0 aliphatic carbocycles. The molecule has 0 spiro atoms. The third-order valence-electron chi connectivity index (χ3n) is 2.70. The van der Waals surface area contributed by atoms with Gasteiger partial charge in [0.2, 0.25) is 0 Å². The second-order valence-corrected chi connectivity index (χ2v) is 4.78. The minimum absolute atomic E-state index is 0.0393. The van der Waals surface area contributed by atoms with Crippen molar-refractivity contribution in [2.45, 2.75) is 40.4 Å². The number of carbonyl (C=O) groups is 1. The summed E-state index contributed by atoms with van der Waals surface area (Å²) in [4.78, 5) is 11.4. The third kappa shape index (κ3) is 5.72. The van der Waals surface area contributed by atoms with Crippen LogP contribution in [0.4, 0.5) is 0 Å². The van der Waals surface area contributed by atoms with Crippen molar-refractivity contribution in [3.05, 3.63) is 29.3 Å². The van der Waals surface area contributed by atoms with Gasteiger partial charge in [0.1, 0.15) is 5.75 Å². The van der Waals surface area contributed by atoms with Gasteiger partial charge in [-0.25, -0.2) is 0 Å². The predicted octanol–water partition coefficient (Wildman–Crippen LogP) is 3.23. The molecular formula is C16H24O4. The summed E-state index contributed by atoms with van der Waals surface area (Å²) >= 11 is 0. The number of hydrogen-bond acceptors (Lipinski definition) is 4. The van der Waals surface area contributed by atoms with E-state index in [9.17, 15) is 4.79 Å². The summed E-state index contributed by atoms with van der Waals surface area (Å²) in [5.41, 5.74) is 1.56.